The largest absolute Gasteiger partial charge is 0.489 e. The van der Waals surface area contributed by atoms with E-state index in [1.165, 1.54) is 30.4 Å². The molecule has 4 rings (SSSR count). The average Bonchev–Trinajstić information content (AvgIpc) is 2.86. The summed E-state index contributed by atoms with van der Waals surface area (Å²) in [6.45, 7) is 2.11. The summed E-state index contributed by atoms with van der Waals surface area (Å²) in [7, 11) is 0. The molecule has 126 valence electrons. The number of hydrogen-bond acceptors (Lipinski definition) is 3. The van der Waals surface area contributed by atoms with E-state index in [9.17, 15) is 0 Å². The highest BCUT2D eigenvalue weighted by Crippen LogP contribution is 2.38. The van der Waals surface area contributed by atoms with Gasteiger partial charge in [-0.25, -0.2) is 0 Å². The fourth-order valence-corrected chi connectivity index (χ4v) is 3.88. The SMILES string of the molecule is Clc1cc(CNC2CCCc3ccccc32)cc2c1OCCCO2. The van der Waals surface area contributed by atoms with Crippen LogP contribution in [0.2, 0.25) is 5.02 Å². The second-order valence-corrected chi connectivity index (χ2v) is 6.89. The summed E-state index contributed by atoms with van der Waals surface area (Å²) < 4.78 is 11.5. The normalized spacial score (nSPS) is 19.5. The van der Waals surface area contributed by atoms with E-state index in [1.807, 2.05) is 12.1 Å². The quantitative estimate of drug-likeness (QED) is 0.878. The Hall–Kier alpha value is -1.71. The van der Waals surface area contributed by atoms with Crippen molar-refractivity contribution in [1.82, 2.24) is 5.32 Å². The number of hydrogen-bond donors (Lipinski definition) is 1. The summed E-state index contributed by atoms with van der Waals surface area (Å²) >= 11 is 6.39. The van der Waals surface area contributed by atoms with Gasteiger partial charge >= 0.3 is 0 Å². The van der Waals surface area contributed by atoms with E-state index < -0.39 is 0 Å². The molecular formula is C20H22ClNO2. The Labute approximate surface area is 147 Å². The molecule has 1 aliphatic carbocycles. The summed E-state index contributed by atoms with van der Waals surface area (Å²) in [4.78, 5) is 0. The van der Waals surface area contributed by atoms with Crippen LogP contribution in [0.25, 0.3) is 0 Å². The molecule has 0 fully saturated rings. The standard InChI is InChI=1S/C20H22ClNO2/c21-17-11-14(12-19-20(17)24-10-4-9-23-19)13-22-18-8-3-6-15-5-1-2-7-16(15)18/h1-2,5,7,11-12,18,22H,3-4,6,8-10,13H2. The predicted molar refractivity (Wildman–Crippen MR) is 96.0 cm³/mol. The van der Waals surface area contributed by atoms with E-state index in [2.05, 4.69) is 29.6 Å². The number of rotatable bonds is 3. The Kier molecular flexibility index (Phi) is 4.63. The van der Waals surface area contributed by atoms with Gasteiger partial charge in [-0.05, 0) is 48.1 Å². The molecule has 0 saturated carbocycles. The highest BCUT2D eigenvalue weighted by Gasteiger charge is 2.20. The Morgan fingerprint density at radius 1 is 1.08 bits per heavy atom. The molecule has 0 saturated heterocycles. The molecule has 0 spiro atoms. The van der Waals surface area contributed by atoms with E-state index in [1.54, 1.807) is 0 Å². The third-order valence-corrected chi connectivity index (χ3v) is 5.06. The van der Waals surface area contributed by atoms with Gasteiger partial charge in [0.15, 0.2) is 11.5 Å². The first-order valence-electron chi connectivity index (χ1n) is 8.70. The Bertz CT molecular complexity index is 732. The lowest BCUT2D eigenvalue weighted by Crippen LogP contribution is -2.24. The fraction of sp³-hybridized carbons (Fsp3) is 0.400. The smallest absolute Gasteiger partial charge is 0.179 e. The molecule has 3 nitrogen and oxygen atoms in total. The van der Waals surface area contributed by atoms with Crippen molar-refractivity contribution < 1.29 is 9.47 Å². The van der Waals surface area contributed by atoms with Crippen LogP contribution in [0.5, 0.6) is 11.5 Å². The van der Waals surface area contributed by atoms with E-state index in [0.717, 1.165) is 24.3 Å². The molecular weight excluding hydrogens is 322 g/mol. The van der Waals surface area contributed by atoms with Crippen LogP contribution in [0.3, 0.4) is 0 Å². The molecule has 0 radical (unpaired) electrons. The van der Waals surface area contributed by atoms with Crippen molar-refractivity contribution in [2.45, 2.75) is 38.3 Å². The van der Waals surface area contributed by atoms with Crippen molar-refractivity contribution in [3.8, 4) is 11.5 Å². The van der Waals surface area contributed by atoms with Crippen molar-refractivity contribution >= 4 is 11.6 Å². The summed E-state index contributed by atoms with van der Waals surface area (Å²) in [5.74, 6) is 1.45. The Balaban J connectivity index is 1.51. The van der Waals surface area contributed by atoms with Gasteiger partial charge in [-0.15, -0.1) is 0 Å². The van der Waals surface area contributed by atoms with Gasteiger partial charge in [0, 0.05) is 19.0 Å². The van der Waals surface area contributed by atoms with Crippen LogP contribution < -0.4 is 14.8 Å². The lowest BCUT2D eigenvalue weighted by Gasteiger charge is -2.26. The molecule has 1 heterocycles. The number of fused-ring (bicyclic) bond motifs is 2. The number of ether oxygens (including phenoxy) is 2. The molecule has 1 N–H and O–H groups in total. The van der Waals surface area contributed by atoms with Gasteiger partial charge in [-0.1, -0.05) is 35.9 Å². The van der Waals surface area contributed by atoms with Gasteiger partial charge in [-0.2, -0.15) is 0 Å². The van der Waals surface area contributed by atoms with Crippen molar-refractivity contribution in [3.05, 3.63) is 58.1 Å². The molecule has 2 aromatic rings. The first kappa shape index (κ1) is 15.8. The average molecular weight is 344 g/mol. The molecule has 1 atom stereocenters. The van der Waals surface area contributed by atoms with Gasteiger partial charge in [0.25, 0.3) is 0 Å². The van der Waals surface area contributed by atoms with Gasteiger partial charge in [0.1, 0.15) is 0 Å². The maximum Gasteiger partial charge on any atom is 0.179 e. The zero-order chi connectivity index (χ0) is 16.4. The molecule has 0 amide bonds. The minimum absolute atomic E-state index is 0.407. The first-order chi connectivity index (χ1) is 11.8. The molecule has 0 bridgehead atoms. The van der Waals surface area contributed by atoms with Crippen molar-refractivity contribution in [2.75, 3.05) is 13.2 Å². The fourth-order valence-electron chi connectivity index (χ4n) is 3.59. The molecule has 1 aliphatic heterocycles. The van der Waals surface area contributed by atoms with Gasteiger partial charge < -0.3 is 14.8 Å². The maximum atomic E-state index is 6.39. The molecule has 2 aromatic carbocycles. The molecule has 1 unspecified atom stereocenters. The van der Waals surface area contributed by atoms with Gasteiger partial charge in [0.05, 0.1) is 18.2 Å². The molecule has 2 aliphatic rings. The third-order valence-electron chi connectivity index (χ3n) is 4.78. The van der Waals surface area contributed by atoms with E-state index in [4.69, 9.17) is 21.1 Å². The topological polar surface area (TPSA) is 30.5 Å². The highest BCUT2D eigenvalue weighted by molar-refractivity contribution is 6.32. The summed E-state index contributed by atoms with van der Waals surface area (Å²) in [5.41, 5.74) is 4.04. The zero-order valence-corrected chi connectivity index (χ0v) is 14.4. The first-order valence-corrected chi connectivity index (χ1v) is 9.08. The van der Waals surface area contributed by atoms with Gasteiger partial charge in [0.2, 0.25) is 0 Å². The second-order valence-electron chi connectivity index (χ2n) is 6.48. The monoisotopic (exact) mass is 343 g/mol. The van der Waals surface area contributed by atoms with Crippen LogP contribution in [0.15, 0.2) is 36.4 Å². The van der Waals surface area contributed by atoms with Crippen LogP contribution in [-0.4, -0.2) is 13.2 Å². The van der Waals surface area contributed by atoms with Crippen molar-refractivity contribution in [2.24, 2.45) is 0 Å². The van der Waals surface area contributed by atoms with Crippen molar-refractivity contribution in [1.29, 1.82) is 0 Å². The van der Waals surface area contributed by atoms with Gasteiger partial charge in [-0.3, -0.25) is 0 Å². The van der Waals surface area contributed by atoms with Crippen LogP contribution in [-0.2, 0) is 13.0 Å². The minimum atomic E-state index is 0.407. The lowest BCUT2D eigenvalue weighted by molar-refractivity contribution is 0.297. The van der Waals surface area contributed by atoms with E-state index in [-0.39, 0.29) is 0 Å². The zero-order valence-electron chi connectivity index (χ0n) is 13.7. The molecule has 0 aromatic heterocycles. The van der Waals surface area contributed by atoms with E-state index >= 15 is 0 Å². The van der Waals surface area contributed by atoms with Crippen LogP contribution in [0, 0.1) is 0 Å². The molecule has 24 heavy (non-hydrogen) atoms. The summed E-state index contributed by atoms with van der Waals surface area (Å²) in [6.07, 6.45) is 4.48. The number of aryl methyl sites for hydroxylation is 1. The summed E-state index contributed by atoms with van der Waals surface area (Å²) in [6, 6.07) is 13.2. The van der Waals surface area contributed by atoms with Crippen LogP contribution in [0.1, 0.15) is 42.0 Å². The Morgan fingerprint density at radius 3 is 2.92 bits per heavy atom. The number of nitrogens with one attached hydrogen (secondary N) is 1. The van der Waals surface area contributed by atoms with Crippen LogP contribution >= 0.6 is 11.6 Å². The third kappa shape index (κ3) is 3.24. The molecule has 4 heteroatoms. The minimum Gasteiger partial charge on any atom is -0.489 e. The predicted octanol–water partition coefficient (Wildman–Crippen LogP) is 4.67. The number of halogens is 1. The highest BCUT2D eigenvalue weighted by atomic mass is 35.5. The number of benzene rings is 2. The maximum absolute atomic E-state index is 6.39. The van der Waals surface area contributed by atoms with Crippen molar-refractivity contribution in [3.63, 3.8) is 0 Å². The van der Waals surface area contributed by atoms with E-state index in [0.29, 0.717) is 30.0 Å². The Morgan fingerprint density at radius 2 is 1.96 bits per heavy atom. The summed E-state index contributed by atoms with van der Waals surface area (Å²) in [5, 5.41) is 4.32. The second kappa shape index (κ2) is 7.04. The lowest BCUT2D eigenvalue weighted by atomic mass is 9.87. The van der Waals surface area contributed by atoms with Crippen LogP contribution in [0.4, 0.5) is 0 Å².